The van der Waals surface area contributed by atoms with Crippen molar-refractivity contribution >= 4 is 15.4 Å². The minimum Gasteiger partial charge on any atom is -0.384 e. The van der Waals surface area contributed by atoms with Gasteiger partial charge in [0.1, 0.15) is 7.85 Å². The topological polar surface area (TPSA) is 76.0 Å². The van der Waals surface area contributed by atoms with E-state index in [-0.39, 0.29) is 30.9 Å². The molecule has 1 aliphatic heterocycles. The number of ether oxygens (including phenoxy) is 1. The summed E-state index contributed by atoms with van der Waals surface area (Å²) in [4.78, 5) is 10.2. The van der Waals surface area contributed by atoms with Gasteiger partial charge in [-0.2, -0.15) is 0 Å². The van der Waals surface area contributed by atoms with Crippen LogP contribution in [0.5, 0.6) is 0 Å². The summed E-state index contributed by atoms with van der Waals surface area (Å²) in [5.74, 6) is -0.121. The van der Waals surface area contributed by atoms with Gasteiger partial charge >= 0.3 is 7.60 Å². The lowest BCUT2D eigenvalue weighted by Gasteiger charge is -2.40. The van der Waals surface area contributed by atoms with E-state index in [0.717, 1.165) is 12.8 Å². The standard InChI is InChI=1S/C14H28BO5P/c1-6-14(16,7-2)21(17,18)20-13(4,5)10(3)11-8-9-12(15)19-11/h10-12,16H,6-9H2,1-5H3,(H,17,18). The van der Waals surface area contributed by atoms with E-state index in [0.29, 0.717) is 0 Å². The van der Waals surface area contributed by atoms with Gasteiger partial charge in [0.15, 0.2) is 5.34 Å². The SMILES string of the molecule is [B]C1CCC(C(C)C(C)(C)OP(=O)(O)C(O)(CC)CC)O1. The van der Waals surface area contributed by atoms with E-state index >= 15 is 0 Å². The Balaban J connectivity index is 2.85. The van der Waals surface area contributed by atoms with E-state index in [1.54, 1.807) is 27.7 Å². The van der Waals surface area contributed by atoms with Gasteiger partial charge in [-0.25, -0.2) is 0 Å². The van der Waals surface area contributed by atoms with Crippen LogP contribution >= 0.6 is 7.60 Å². The molecule has 1 saturated heterocycles. The predicted octanol–water partition coefficient (Wildman–Crippen LogP) is 2.79. The highest BCUT2D eigenvalue weighted by molar-refractivity contribution is 7.54. The van der Waals surface area contributed by atoms with Gasteiger partial charge in [0.2, 0.25) is 0 Å². The Kier molecular flexibility index (Phi) is 6.13. The molecular weight excluding hydrogens is 290 g/mol. The summed E-state index contributed by atoms with van der Waals surface area (Å²) < 4.78 is 23.7. The molecule has 0 amide bonds. The highest BCUT2D eigenvalue weighted by atomic mass is 31.2. The summed E-state index contributed by atoms with van der Waals surface area (Å²) in [7, 11) is 1.56. The monoisotopic (exact) mass is 318 g/mol. The summed E-state index contributed by atoms with van der Waals surface area (Å²) in [5.41, 5.74) is -0.905. The molecule has 0 spiro atoms. The van der Waals surface area contributed by atoms with E-state index in [2.05, 4.69) is 0 Å². The molecule has 1 fully saturated rings. The average molecular weight is 318 g/mol. The second-order valence-electron chi connectivity index (χ2n) is 6.48. The van der Waals surface area contributed by atoms with Crippen molar-refractivity contribution in [2.24, 2.45) is 5.92 Å². The van der Waals surface area contributed by atoms with E-state index in [4.69, 9.17) is 17.1 Å². The minimum absolute atomic E-state index is 0.105. The zero-order valence-electron chi connectivity index (χ0n) is 13.7. The van der Waals surface area contributed by atoms with Crippen LogP contribution in [0.25, 0.3) is 0 Å². The molecule has 0 aliphatic carbocycles. The first-order valence-corrected chi connectivity index (χ1v) is 9.24. The number of hydrogen-bond donors (Lipinski definition) is 2. The lowest BCUT2D eigenvalue weighted by atomic mass is 9.86. The van der Waals surface area contributed by atoms with Crippen LogP contribution in [0.1, 0.15) is 60.3 Å². The fourth-order valence-corrected chi connectivity index (χ4v) is 4.41. The Morgan fingerprint density at radius 1 is 1.38 bits per heavy atom. The zero-order valence-corrected chi connectivity index (χ0v) is 14.6. The molecule has 0 aromatic carbocycles. The van der Waals surface area contributed by atoms with Crippen LogP contribution in [0.3, 0.4) is 0 Å². The normalized spacial score (nSPS) is 28.3. The molecule has 2 radical (unpaired) electrons. The van der Waals surface area contributed by atoms with Gasteiger partial charge in [0.05, 0.1) is 11.7 Å². The molecule has 0 aromatic heterocycles. The molecule has 4 atom stereocenters. The van der Waals surface area contributed by atoms with E-state index < -0.39 is 18.5 Å². The number of aliphatic hydroxyl groups is 1. The van der Waals surface area contributed by atoms with Crippen molar-refractivity contribution < 1.29 is 23.8 Å². The molecule has 21 heavy (non-hydrogen) atoms. The summed E-state index contributed by atoms with van der Waals surface area (Å²) in [6.07, 6.45) is 1.79. The van der Waals surface area contributed by atoms with Gasteiger partial charge in [-0.15, -0.1) is 0 Å². The fourth-order valence-electron chi connectivity index (χ4n) is 2.64. The number of rotatable bonds is 7. The summed E-state index contributed by atoms with van der Waals surface area (Å²) in [6, 6.07) is -0.280. The van der Waals surface area contributed by atoms with Crippen LogP contribution < -0.4 is 0 Å². The first-order chi connectivity index (χ1) is 9.49. The van der Waals surface area contributed by atoms with Crippen LogP contribution in [-0.4, -0.2) is 40.9 Å². The zero-order chi connectivity index (χ0) is 16.5. The third-order valence-corrected chi connectivity index (χ3v) is 7.16. The Labute approximate surface area is 129 Å². The Morgan fingerprint density at radius 2 is 1.90 bits per heavy atom. The van der Waals surface area contributed by atoms with Gasteiger partial charge in [0, 0.05) is 11.9 Å². The fraction of sp³-hybridized carbons (Fsp3) is 1.00. The third kappa shape index (κ3) is 4.11. The largest absolute Gasteiger partial charge is 0.384 e. The third-order valence-electron chi connectivity index (χ3n) is 4.76. The average Bonchev–Trinajstić information content (AvgIpc) is 2.81. The molecule has 1 rings (SSSR count). The van der Waals surface area contributed by atoms with Crippen LogP contribution in [-0.2, 0) is 13.8 Å². The summed E-state index contributed by atoms with van der Waals surface area (Å²) >= 11 is 0. The van der Waals surface area contributed by atoms with Gasteiger partial charge in [-0.3, -0.25) is 4.57 Å². The maximum atomic E-state index is 12.5. The molecule has 1 aliphatic rings. The highest BCUT2D eigenvalue weighted by Gasteiger charge is 2.50. The summed E-state index contributed by atoms with van der Waals surface area (Å²) in [6.45, 7) is 8.76. The molecule has 5 nitrogen and oxygen atoms in total. The minimum atomic E-state index is -4.18. The van der Waals surface area contributed by atoms with Crippen LogP contribution in [0.4, 0.5) is 0 Å². The molecule has 0 aromatic rings. The van der Waals surface area contributed by atoms with Crippen molar-refractivity contribution in [2.45, 2.75) is 83.4 Å². The van der Waals surface area contributed by atoms with Crippen molar-refractivity contribution in [3.63, 3.8) is 0 Å². The molecule has 1 heterocycles. The lowest BCUT2D eigenvalue weighted by Crippen LogP contribution is -2.42. The maximum Gasteiger partial charge on any atom is 0.359 e. The lowest BCUT2D eigenvalue weighted by molar-refractivity contribution is -0.0535. The predicted molar refractivity (Wildman–Crippen MR) is 83.3 cm³/mol. The first-order valence-electron chi connectivity index (χ1n) is 7.66. The maximum absolute atomic E-state index is 12.5. The molecule has 0 saturated carbocycles. The second kappa shape index (κ2) is 6.71. The van der Waals surface area contributed by atoms with Crippen molar-refractivity contribution in [3.8, 4) is 0 Å². The quantitative estimate of drug-likeness (QED) is 0.557. The Hall–Kier alpha value is 0.135. The Morgan fingerprint density at radius 3 is 2.29 bits per heavy atom. The van der Waals surface area contributed by atoms with Gasteiger partial charge in [-0.05, 0) is 39.5 Å². The molecule has 0 bridgehead atoms. The molecule has 4 unspecified atom stereocenters. The molecule has 122 valence electrons. The van der Waals surface area contributed by atoms with E-state index in [9.17, 15) is 14.6 Å². The number of hydrogen-bond acceptors (Lipinski definition) is 4. The van der Waals surface area contributed by atoms with Gasteiger partial charge < -0.3 is 19.3 Å². The van der Waals surface area contributed by atoms with E-state index in [1.807, 2.05) is 6.92 Å². The molecular formula is C14H28BO5P. The van der Waals surface area contributed by atoms with Gasteiger partial charge in [-0.1, -0.05) is 20.8 Å². The van der Waals surface area contributed by atoms with Crippen molar-refractivity contribution in [1.82, 2.24) is 0 Å². The summed E-state index contributed by atoms with van der Waals surface area (Å²) in [5, 5.41) is 8.61. The van der Waals surface area contributed by atoms with Gasteiger partial charge in [0.25, 0.3) is 0 Å². The highest BCUT2D eigenvalue weighted by Crippen LogP contribution is 2.60. The Bertz CT molecular complexity index is 397. The van der Waals surface area contributed by atoms with Crippen LogP contribution in [0.15, 0.2) is 0 Å². The van der Waals surface area contributed by atoms with Crippen molar-refractivity contribution in [3.05, 3.63) is 0 Å². The first kappa shape index (κ1) is 19.2. The van der Waals surface area contributed by atoms with E-state index in [1.165, 1.54) is 0 Å². The smallest absolute Gasteiger partial charge is 0.359 e. The van der Waals surface area contributed by atoms with Crippen molar-refractivity contribution in [1.29, 1.82) is 0 Å². The van der Waals surface area contributed by atoms with Crippen LogP contribution in [0.2, 0.25) is 0 Å². The van der Waals surface area contributed by atoms with Crippen molar-refractivity contribution in [2.75, 3.05) is 0 Å². The molecule has 2 N–H and O–H groups in total. The molecule has 7 heteroatoms. The second-order valence-corrected chi connectivity index (χ2v) is 8.54. The van der Waals surface area contributed by atoms with Crippen LogP contribution in [0, 0.1) is 5.92 Å².